The summed E-state index contributed by atoms with van der Waals surface area (Å²) in [5.74, 6) is -0.541. The Kier molecular flexibility index (Phi) is 4.37. The Labute approximate surface area is 105 Å². The normalized spacial score (nSPS) is 16.1. The summed E-state index contributed by atoms with van der Waals surface area (Å²) in [5.41, 5.74) is 4.96. The van der Waals surface area contributed by atoms with Crippen molar-refractivity contribution in [3.8, 4) is 0 Å². The Bertz CT molecular complexity index is 451. The van der Waals surface area contributed by atoms with E-state index < -0.39 is 22.3 Å². The largest absolute Gasteiger partial charge is 0.393 e. The highest BCUT2D eigenvalue weighted by molar-refractivity contribution is 5.41. The van der Waals surface area contributed by atoms with Gasteiger partial charge in [0.15, 0.2) is 0 Å². The molecule has 100 valence electrons. The minimum atomic E-state index is -0.745. The second kappa shape index (κ2) is 5.41. The van der Waals surface area contributed by atoms with Crippen LogP contribution in [-0.4, -0.2) is 22.7 Å². The summed E-state index contributed by atoms with van der Waals surface area (Å²) in [4.78, 5) is 10.3. The van der Waals surface area contributed by atoms with Crippen molar-refractivity contribution in [3.05, 3.63) is 39.7 Å². The van der Waals surface area contributed by atoms with Crippen molar-refractivity contribution >= 4 is 5.69 Å². The van der Waals surface area contributed by atoms with Gasteiger partial charge in [-0.1, -0.05) is 6.92 Å². The minimum Gasteiger partial charge on any atom is -0.393 e. The van der Waals surface area contributed by atoms with E-state index in [4.69, 9.17) is 5.73 Å². The zero-order valence-electron chi connectivity index (χ0n) is 10.4. The molecule has 3 N–H and O–H groups in total. The van der Waals surface area contributed by atoms with E-state index in [1.54, 1.807) is 13.8 Å². The van der Waals surface area contributed by atoms with Crippen molar-refractivity contribution in [2.45, 2.75) is 26.4 Å². The van der Waals surface area contributed by atoms with Crippen molar-refractivity contribution in [1.82, 2.24) is 0 Å². The first-order valence-electron chi connectivity index (χ1n) is 5.61. The average molecular weight is 256 g/mol. The Balaban J connectivity index is 3.16. The molecule has 0 fully saturated rings. The van der Waals surface area contributed by atoms with Crippen molar-refractivity contribution in [2.75, 3.05) is 6.54 Å². The van der Waals surface area contributed by atoms with Crippen molar-refractivity contribution < 1.29 is 14.4 Å². The highest BCUT2D eigenvalue weighted by atomic mass is 19.1. The van der Waals surface area contributed by atoms with Crippen LogP contribution in [0.15, 0.2) is 18.2 Å². The summed E-state index contributed by atoms with van der Waals surface area (Å²) in [6.45, 7) is 3.43. The second-order valence-electron chi connectivity index (χ2n) is 4.74. The summed E-state index contributed by atoms with van der Waals surface area (Å²) in [5, 5.41) is 20.6. The van der Waals surface area contributed by atoms with Crippen LogP contribution in [0.5, 0.6) is 0 Å². The minimum absolute atomic E-state index is 0.148. The van der Waals surface area contributed by atoms with E-state index in [0.717, 1.165) is 18.2 Å². The fourth-order valence-electron chi connectivity index (χ4n) is 1.70. The zero-order valence-corrected chi connectivity index (χ0v) is 10.4. The van der Waals surface area contributed by atoms with Crippen molar-refractivity contribution in [3.63, 3.8) is 0 Å². The molecule has 2 unspecified atom stereocenters. The highest BCUT2D eigenvalue weighted by Gasteiger charge is 2.31. The SMILES string of the molecule is CC(O)C(C)(CN)Cc1cc(F)ccc1[N+](=O)[O-]. The molecule has 1 aromatic carbocycles. The van der Waals surface area contributed by atoms with Crippen LogP contribution in [0.3, 0.4) is 0 Å². The lowest BCUT2D eigenvalue weighted by atomic mass is 9.79. The van der Waals surface area contributed by atoms with Gasteiger partial charge in [-0.2, -0.15) is 0 Å². The Hall–Kier alpha value is -1.53. The maximum Gasteiger partial charge on any atom is 0.272 e. The van der Waals surface area contributed by atoms with Gasteiger partial charge in [0.25, 0.3) is 5.69 Å². The van der Waals surface area contributed by atoms with E-state index in [9.17, 15) is 19.6 Å². The van der Waals surface area contributed by atoms with Gasteiger partial charge >= 0.3 is 0 Å². The predicted molar refractivity (Wildman–Crippen MR) is 65.6 cm³/mol. The maximum absolute atomic E-state index is 13.2. The lowest BCUT2D eigenvalue weighted by molar-refractivity contribution is -0.385. The number of aliphatic hydroxyl groups excluding tert-OH is 1. The molecule has 0 radical (unpaired) electrons. The Morgan fingerprint density at radius 3 is 2.67 bits per heavy atom. The zero-order chi connectivity index (χ0) is 13.9. The number of nitro groups is 1. The van der Waals surface area contributed by atoms with Crippen LogP contribution in [0.2, 0.25) is 0 Å². The molecule has 0 bridgehead atoms. The van der Waals surface area contributed by atoms with Crippen LogP contribution >= 0.6 is 0 Å². The number of hydrogen-bond donors (Lipinski definition) is 2. The van der Waals surface area contributed by atoms with Gasteiger partial charge in [0.05, 0.1) is 11.0 Å². The van der Waals surface area contributed by atoms with Gasteiger partial charge in [-0.15, -0.1) is 0 Å². The van der Waals surface area contributed by atoms with E-state index in [-0.39, 0.29) is 24.2 Å². The predicted octanol–water partition coefficient (Wildman–Crippen LogP) is 1.62. The van der Waals surface area contributed by atoms with Crippen LogP contribution in [-0.2, 0) is 6.42 Å². The Morgan fingerprint density at radius 1 is 1.61 bits per heavy atom. The molecule has 6 heteroatoms. The molecule has 0 aliphatic carbocycles. The monoisotopic (exact) mass is 256 g/mol. The van der Waals surface area contributed by atoms with Crippen LogP contribution in [0, 0.1) is 21.3 Å². The van der Waals surface area contributed by atoms with E-state index in [1.165, 1.54) is 0 Å². The van der Waals surface area contributed by atoms with Crippen LogP contribution in [0.4, 0.5) is 10.1 Å². The van der Waals surface area contributed by atoms with Gasteiger partial charge in [-0.25, -0.2) is 4.39 Å². The highest BCUT2D eigenvalue weighted by Crippen LogP contribution is 2.30. The van der Waals surface area contributed by atoms with E-state index in [2.05, 4.69) is 0 Å². The molecular formula is C12H17FN2O3. The summed E-state index contributed by atoms with van der Waals surface area (Å²) in [7, 11) is 0. The molecular weight excluding hydrogens is 239 g/mol. The standard InChI is InChI=1S/C12H17FN2O3/c1-8(16)12(2,7-14)6-9-5-10(13)3-4-11(9)15(17)18/h3-5,8,16H,6-7,14H2,1-2H3. The number of rotatable bonds is 5. The van der Waals surface area contributed by atoms with Crippen LogP contribution in [0.25, 0.3) is 0 Å². The first kappa shape index (κ1) is 14.5. The molecule has 0 amide bonds. The molecule has 0 heterocycles. The topological polar surface area (TPSA) is 89.4 Å². The van der Waals surface area contributed by atoms with E-state index in [1.807, 2.05) is 0 Å². The average Bonchev–Trinajstić information content (AvgIpc) is 2.28. The van der Waals surface area contributed by atoms with E-state index in [0.29, 0.717) is 0 Å². The summed E-state index contributed by atoms with van der Waals surface area (Å²) >= 11 is 0. The van der Waals surface area contributed by atoms with Gasteiger partial charge in [0, 0.05) is 23.6 Å². The number of halogens is 1. The molecule has 1 aromatic rings. The number of aliphatic hydroxyl groups is 1. The maximum atomic E-state index is 13.2. The number of benzene rings is 1. The first-order chi connectivity index (χ1) is 8.30. The molecule has 5 nitrogen and oxygen atoms in total. The molecule has 1 rings (SSSR count). The van der Waals surface area contributed by atoms with Gasteiger partial charge in [-0.3, -0.25) is 10.1 Å². The van der Waals surface area contributed by atoms with Crippen LogP contribution < -0.4 is 5.73 Å². The molecule has 0 aliphatic rings. The summed E-state index contributed by atoms with van der Waals surface area (Å²) in [6.07, 6.45) is -0.597. The lowest BCUT2D eigenvalue weighted by Gasteiger charge is -2.31. The molecule has 0 aliphatic heterocycles. The molecule has 18 heavy (non-hydrogen) atoms. The first-order valence-corrected chi connectivity index (χ1v) is 5.61. The third-order valence-electron chi connectivity index (χ3n) is 3.31. The third-order valence-corrected chi connectivity index (χ3v) is 3.31. The van der Waals surface area contributed by atoms with E-state index >= 15 is 0 Å². The molecule has 0 saturated heterocycles. The third kappa shape index (κ3) is 3.02. The molecule has 0 aromatic heterocycles. The van der Waals surface area contributed by atoms with Gasteiger partial charge < -0.3 is 10.8 Å². The molecule has 0 saturated carbocycles. The number of hydrogen-bond acceptors (Lipinski definition) is 4. The summed E-state index contributed by atoms with van der Waals surface area (Å²) < 4.78 is 13.2. The fraction of sp³-hybridized carbons (Fsp3) is 0.500. The lowest BCUT2D eigenvalue weighted by Crippen LogP contribution is -2.39. The Morgan fingerprint density at radius 2 is 2.22 bits per heavy atom. The van der Waals surface area contributed by atoms with Crippen molar-refractivity contribution in [1.29, 1.82) is 0 Å². The molecule has 2 atom stereocenters. The second-order valence-corrected chi connectivity index (χ2v) is 4.74. The van der Waals surface area contributed by atoms with Gasteiger partial charge in [0.2, 0.25) is 0 Å². The fourth-order valence-corrected chi connectivity index (χ4v) is 1.70. The molecule has 0 spiro atoms. The number of nitrogens with zero attached hydrogens (tertiary/aromatic N) is 1. The quantitative estimate of drug-likeness (QED) is 0.618. The van der Waals surface area contributed by atoms with Gasteiger partial charge in [0.1, 0.15) is 5.82 Å². The van der Waals surface area contributed by atoms with Gasteiger partial charge in [-0.05, 0) is 25.5 Å². The van der Waals surface area contributed by atoms with Crippen LogP contribution in [0.1, 0.15) is 19.4 Å². The summed E-state index contributed by atoms with van der Waals surface area (Å²) in [6, 6.07) is 3.29. The smallest absolute Gasteiger partial charge is 0.272 e. The van der Waals surface area contributed by atoms with Crippen molar-refractivity contribution in [2.24, 2.45) is 11.1 Å². The number of nitrogens with two attached hydrogens (primary N) is 1. The number of nitro benzene ring substituents is 1.